The van der Waals surface area contributed by atoms with Gasteiger partial charge in [-0.25, -0.2) is 9.59 Å². The van der Waals surface area contributed by atoms with Crippen LogP contribution >= 0.6 is 0 Å². The van der Waals surface area contributed by atoms with Crippen molar-refractivity contribution in [2.75, 3.05) is 35.5 Å². The fourth-order valence-electron chi connectivity index (χ4n) is 5.11. The van der Waals surface area contributed by atoms with Crippen LogP contribution in [0.5, 0.6) is 23.0 Å². The van der Waals surface area contributed by atoms with Crippen molar-refractivity contribution in [2.24, 2.45) is 11.8 Å². The summed E-state index contributed by atoms with van der Waals surface area (Å²) in [5.41, 5.74) is 1.52. The maximum atomic E-state index is 14.2. The van der Waals surface area contributed by atoms with Crippen LogP contribution in [0.1, 0.15) is 56.4 Å². The SMILES string of the molecule is COC(=O)C(NC(=O)/C=C/c1ccc(OC)c2c1C(C(=O)NC(C(=O)OC)C(C)C)C(c1ccc(OC)c(OC)c1)O2)C(C)C. The molecule has 3 rings (SSSR count). The highest BCUT2D eigenvalue weighted by Crippen LogP contribution is 2.53. The summed E-state index contributed by atoms with van der Waals surface area (Å²) < 4.78 is 32.7. The number of benzene rings is 2. The third-order valence-corrected chi connectivity index (χ3v) is 7.54. The molecule has 0 spiro atoms. The minimum absolute atomic E-state index is 0.215. The molecule has 2 amide bonds. The third-order valence-electron chi connectivity index (χ3n) is 7.54. The lowest BCUT2D eigenvalue weighted by Crippen LogP contribution is -2.47. The molecule has 2 N–H and O–H groups in total. The quantitative estimate of drug-likeness (QED) is 0.250. The van der Waals surface area contributed by atoms with Crippen molar-refractivity contribution in [3.63, 3.8) is 0 Å². The van der Waals surface area contributed by atoms with Crippen LogP contribution in [0.15, 0.2) is 36.4 Å². The molecule has 0 bridgehead atoms. The Kier molecular flexibility index (Phi) is 11.8. The molecule has 2 aromatic carbocycles. The number of amides is 2. The number of carbonyl (C=O) groups is 4. The van der Waals surface area contributed by atoms with E-state index in [1.54, 1.807) is 58.0 Å². The van der Waals surface area contributed by atoms with E-state index in [0.29, 0.717) is 39.7 Å². The molecule has 12 nitrogen and oxygen atoms in total. The maximum absolute atomic E-state index is 14.2. The van der Waals surface area contributed by atoms with E-state index in [9.17, 15) is 19.2 Å². The van der Waals surface area contributed by atoms with Crippen molar-refractivity contribution in [3.05, 3.63) is 53.1 Å². The number of nitrogens with one attached hydrogen (secondary N) is 2. The summed E-state index contributed by atoms with van der Waals surface area (Å²) in [7, 11) is 7.01. The van der Waals surface area contributed by atoms with E-state index in [4.69, 9.17) is 28.4 Å². The van der Waals surface area contributed by atoms with Crippen LogP contribution in [-0.4, -0.2) is 71.4 Å². The van der Waals surface area contributed by atoms with Crippen LogP contribution in [0.2, 0.25) is 0 Å². The zero-order chi connectivity index (χ0) is 33.4. The number of fused-ring (bicyclic) bond motifs is 1. The molecule has 1 aliphatic heterocycles. The summed E-state index contributed by atoms with van der Waals surface area (Å²) in [5.74, 6) is -2.10. The normalized spacial score (nSPS) is 16.8. The standard InChI is InChI=1S/C33H42N2O10/c1-17(2)27(32(38)43-8)34-24(36)15-12-19-10-14-22(41-6)30-25(19)26(31(37)35-28(18(3)4)33(39)44-9)29(45-30)20-11-13-21(40-5)23(16-20)42-7/h10-18,26-29H,1-9H3,(H,34,36)(H,35,37)/b15-12+. The topological polar surface area (TPSA) is 148 Å². The summed E-state index contributed by atoms with van der Waals surface area (Å²) in [5, 5.41) is 5.51. The van der Waals surface area contributed by atoms with Gasteiger partial charge in [-0.15, -0.1) is 0 Å². The lowest BCUT2D eigenvalue weighted by atomic mass is 9.86. The molecule has 12 heteroatoms. The van der Waals surface area contributed by atoms with E-state index < -0.39 is 47.9 Å². The highest BCUT2D eigenvalue weighted by Gasteiger charge is 2.45. The summed E-state index contributed by atoms with van der Waals surface area (Å²) >= 11 is 0. The van der Waals surface area contributed by atoms with E-state index in [1.807, 2.05) is 0 Å². The van der Waals surface area contributed by atoms with Crippen molar-refractivity contribution in [1.29, 1.82) is 0 Å². The van der Waals surface area contributed by atoms with Gasteiger partial charge in [0.05, 0.1) is 35.5 Å². The Morgan fingerprint density at radius 1 is 0.756 bits per heavy atom. The van der Waals surface area contributed by atoms with Crippen LogP contribution in [0.3, 0.4) is 0 Å². The first-order valence-corrected chi connectivity index (χ1v) is 14.5. The van der Waals surface area contributed by atoms with Gasteiger partial charge < -0.3 is 39.1 Å². The number of rotatable bonds is 13. The minimum Gasteiger partial charge on any atom is -0.493 e. The second-order valence-electron chi connectivity index (χ2n) is 11.1. The lowest BCUT2D eigenvalue weighted by molar-refractivity contribution is -0.146. The highest BCUT2D eigenvalue weighted by atomic mass is 16.5. The molecule has 1 heterocycles. The second-order valence-corrected chi connectivity index (χ2v) is 11.1. The van der Waals surface area contributed by atoms with Crippen molar-refractivity contribution in [1.82, 2.24) is 10.6 Å². The van der Waals surface area contributed by atoms with Gasteiger partial charge in [0.1, 0.15) is 24.1 Å². The summed E-state index contributed by atoms with van der Waals surface area (Å²) in [6.07, 6.45) is 1.92. The monoisotopic (exact) mass is 626 g/mol. The van der Waals surface area contributed by atoms with Gasteiger partial charge in [-0.3, -0.25) is 9.59 Å². The third kappa shape index (κ3) is 7.68. The molecule has 0 radical (unpaired) electrons. The fraction of sp³-hybridized carbons (Fsp3) is 0.455. The molecule has 45 heavy (non-hydrogen) atoms. The van der Waals surface area contributed by atoms with Gasteiger partial charge >= 0.3 is 11.9 Å². The first-order chi connectivity index (χ1) is 21.4. The molecule has 244 valence electrons. The van der Waals surface area contributed by atoms with Crippen LogP contribution in [-0.2, 0) is 28.7 Å². The molecule has 4 atom stereocenters. The summed E-state index contributed by atoms with van der Waals surface area (Å²) in [6.45, 7) is 7.16. The van der Waals surface area contributed by atoms with Crippen LogP contribution in [0.4, 0.5) is 0 Å². The van der Waals surface area contributed by atoms with Crippen molar-refractivity contribution in [2.45, 2.75) is 51.8 Å². The number of methoxy groups -OCH3 is 5. The van der Waals surface area contributed by atoms with Crippen LogP contribution in [0, 0.1) is 11.8 Å². The van der Waals surface area contributed by atoms with Gasteiger partial charge in [0.2, 0.25) is 11.8 Å². The molecule has 2 aromatic rings. The molecule has 0 fully saturated rings. The Labute approximate surface area is 263 Å². The number of carbonyl (C=O) groups excluding carboxylic acids is 4. The lowest BCUT2D eigenvalue weighted by Gasteiger charge is -2.25. The van der Waals surface area contributed by atoms with Crippen LogP contribution in [0.25, 0.3) is 6.08 Å². The van der Waals surface area contributed by atoms with Crippen LogP contribution < -0.4 is 29.6 Å². The summed E-state index contributed by atoms with van der Waals surface area (Å²) in [6, 6.07) is 6.75. The summed E-state index contributed by atoms with van der Waals surface area (Å²) in [4.78, 5) is 51.9. The number of hydrogen-bond acceptors (Lipinski definition) is 10. The molecule has 0 aromatic heterocycles. The largest absolute Gasteiger partial charge is 0.493 e. The van der Waals surface area contributed by atoms with Gasteiger partial charge in [0.15, 0.2) is 23.0 Å². The Morgan fingerprint density at radius 2 is 1.31 bits per heavy atom. The molecular formula is C33H42N2O10. The molecule has 1 aliphatic rings. The second kappa shape index (κ2) is 15.3. The molecule has 0 saturated heterocycles. The minimum atomic E-state index is -1.000. The van der Waals surface area contributed by atoms with Crippen molar-refractivity contribution < 1.29 is 47.6 Å². The van der Waals surface area contributed by atoms with Gasteiger partial charge in [-0.1, -0.05) is 39.8 Å². The van der Waals surface area contributed by atoms with Gasteiger partial charge in [0.25, 0.3) is 0 Å². The smallest absolute Gasteiger partial charge is 0.328 e. The van der Waals surface area contributed by atoms with Gasteiger partial charge in [-0.2, -0.15) is 0 Å². The number of esters is 2. The Hall–Kier alpha value is -4.74. The molecule has 4 unspecified atom stereocenters. The average molecular weight is 627 g/mol. The number of ether oxygens (including phenoxy) is 6. The first kappa shape index (κ1) is 34.7. The van der Waals surface area contributed by atoms with E-state index in [-0.39, 0.29) is 11.8 Å². The van der Waals surface area contributed by atoms with Crippen molar-refractivity contribution in [3.8, 4) is 23.0 Å². The number of hydrogen-bond donors (Lipinski definition) is 2. The van der Waals surface area contributed by atoms with E-state index in [0.717, 1.165) is 0 Å². The highest BCUT2D eigenvalue weighted by molar-refractivity contribution is 5.96. The maximum Gasteiger partial charge on any atom is 0.328 e. The van der Waals surface area contributed by atoms with E-state index >= 15 is 0 Å². The van der Waals surface area contributed by atoms with Gasteiger partial charge in [0, 0.05) is 11.6 Å². The van der Waals surface area contributed by atoms with Crippen molar-refractivity contribution >= 4 is 29.8 Å². The van der Waals surface area contributed by atoms with E-state index in [1.165, 1.54) is 47.7 Å². The fourth-order valence-corrected chi connectivity index (χ4v) is 5.11. The molecular weight excluding hydrogens is 584 g/mol. The Bertz CT molecular complexity index is 1430. The Morgan fingerprint density at radius 3 is 1.84 bits per heavy atom. The molecule has 0 aliphatic carbocycles. The zero-order valence-corrected chi connectivity index (χ0v) is 27.1. The predicted molar refractivity (Wildman–Crippen MR) is 165 cm³/mol. The average Bonchev–Trinajstić information content (AvgIpc) is 3.44. The van der Waals surface area contributed by atoms with E-state index in [2.05, 4.69) is 10.6 Å². The Balaban J connectivity index is 2.15. The zero-order valence-electron chi connectivity index (χ0n) is 27.1. The predicted octanol–water partition coefficient (Wildman–Crippen LogP) is 3.57. The first-order valence-electron chi connectivity index (χ1n) is 14.5. The molecule has 0 saturated carbocycles. The van der Waals surface area contributed by atoms with Gasteiger partial charge in [-0.05, 0) is 47.2 Å².